The van der Waals surface area contributed by atoms with E-state index >= 15 is 0 Å². The highest BCUT2D eigenvalue weighted by molar-refractivity contribution is 5.88. The molecule has 0 aliphatic carbocycles. The molecule has 5 nitrogen and oxygen atoms in total. The van der Waals surface area contributed by atoms with Crippen molar-refractivity contribution in [3.05, 3.63) is 59.7 Å². The first kappa shape index (κ1) is 18.7. The zero-order valence-corrected chi connectivity index (χ0v) is 14.4. The fourth-order valence-corrected chi connectivity index (χ4v) is 2.51. The molecule has 1 aromatic rings. The second kappa shape index (κ2) is 9.60. The SMILES string of the molecule is C=C(N=C(/C=C\C)OCc1ccc(C#N)cc1F)NC1CCNCC1. The van der Waals surface area contributed by atoms with E-state index in [1.165, 1.54) is 6.07 Å². The molecule has 1 aliphatic rings. The Morgan fingerprint density at radius 2 is 2.28 bits per heavy atom. The zero-order valence-electron chi connectivity index (χ0n) is 14.4. The van der Waals surface area contributed by atoms with Gasteiger partial charge in [0, 0.05) is 11.6 Å². The Kier molecular flexibility index (Phi) is 7.17. The Balaban J connectivity index is 1.97. The Labute approximate surface area is 147 Å². The van der Waals surface area contributed by atoms with Crippen molar-refractivity contribution in [2.24, 2.45) is 4.99 Å². The van der Waals surface area contributed by atoms with Gasteiger partial charge in [0.1, 0.15) is 18.2 Å². The van der Waals surface area contributed by atoms with E-state index in [9.17, 15) is 4.39 Å². The highest BCUT2D eigenvalue weighted by Gasteiger charge is 2.13. The van der Waals surface area contributed by atoms with Crippen molar-refractivity contribution in [1.29, 1.82) is 5.26 Å². The van der Waals surface area contributed by atoms with Gasteiger partial charge in [-0.2, -0.15) is 10.3 Å². The standard InChI is InChI=1S/C19H23FN4O/c1-3-4-19(24-14(2)23-17-7-9-22-10-8-17)25-13-16-6-5-15(12-21)11-18(16)20/h3-6,11,17,22-23H,2,7-10,13H2,1H3/b4-3-,24-19?. The molecule has 1 heterocycles. The third kappa shape index (κ3) is 6.05. The first-order chi connectivity index (χ1) is 12.1. The highest BCUT2D eigenvalue weighted by atomic mass is 19.1. The quantitative estimate of drug-likeness (QED) is 0.616. The summed E-state index contributed by atoms with van der Waals surface area (Å²) in [4.78, 5) is 4.35. The van der Waals surface area contributed by atoms with Crippen molar-refractivity contribution < 1.29 is 9.13 Å². The fraction of sp³-hybridized carbons (Fsp3) is 0.368. The van der Waals surface area contributed by atoms with Crippen molar-refractivity contribution in [1.82, 2.24) is 10.6 Å². The summed E-state index contributed by atoms with van der Waals surface area (Å²) in [5, 5.41) is 15.4. The normalized spacial score (nSPS) is 15.8. The molecule has 1 fully saturated rings. The maximum absolute atomic E-state index is 13.9. The predicted octanol–water partition coefficient (Wildman–Crippen LogP) is 3.00. The Morgan fingerprint density at radius 3 is 2.92 bits per heavy atom. The zero-order chi connectivity index (χ0) is 18.1. The van der Waals surface area contributed by atoms with E-state index in [0.717, 1.165) is 25.9 Å². The van der Waals surface area contributed by atoms with E-state index in [1.54, 1.807) is 24.3 Å². The van der Waals surface area contributed by atoms with Gasteiger partial charge in [-0.1, -0.05) is 18.7 Å². The maximum Gasteiger partial charge on any atom is 0.215 e. The lowest BCUT2D eigenvalue weighted by Gasteiger charge is -2.24. The molecular weight excluding hydrogens is 319 g/mol. The first-order valence-electron chi connectivity index (χ1n) is 8.31. The van der Waals surface area contributed by atoms with Crippen LogP contribution < -0.4 is 10.6 Å². The van der Waals surface area contributed by atoms with Gasteiger partial charge < -0.3 is 15.4 Å². The number of hydrogen-bond donors (Lipinski definition) is 2. The van der Waals surface area contributed by atoms with Gasteiger partial charge >= 0.3 is 0 Å². The first-order valence-corrected chi connectivity index (χ1v) is 8.31. The van der Waals surface area contributed by atoms with Gasteiger partial charge in [-0.3, -0.25) is 0 Å². The number of halogens is 1. The summed E-state index contributed by atoms with van der Waals surface area (Å²) in [6.45, 7) is 7.76. The van der Waals surface area contributed by atoms with Crippen LogP contribution in [-0.2, 0) is 11.3 Å². The molecule has 2 N–H and O–H groups in total. The third-order valence-electron chi connectivity index (χ3n) is 3.82. The molecule has 25 heavy (non-hydrogen) atoms. The second-order valence-electron chi connectivity index (χ2n) is 5.77. The number of allylic oxidation sites excluding steroid dienone is 1. The van der Waals surface area contributed by atoms with Crippen LogP contribution in [0.25, 0.3) is 0 Å². The minimum absolute atomic E-state index is 0.0291. The van der Waals surface area contributed by atoms with Crippen LogP contribution in [0.4, 0.5) is 4.39 Å². The van der Waals surface area contributed by atoms with Gasteiger partial charge in [-0.25, -0.2) is 4.39 Å². The molecule has 1 saturated heterocycles. The van der Waals surface area contributed by atoms with Crippen LogP contribution in [0.15, 0.2) is 47.7 Å². The number of nitrogens with zero attached hydrogens (tertiary/aromatic N) is 2. The number of nitrogens with one attached hydrogen (secondary N) is 2. The molecule has 0 bridgehead atoms. The summed E-state index contributed by atoms with van der Waals surface area (Å²) >= 11 is 0. The molecule has 0 amide bonds. The molecule has 0 saturated carbocycles. The molecule has 0 unspecified atom stereocenters. The van der Waals surface area contributed by atoms with Crippen molar-refractivity contribution in [3.63, 3.8) is 0 Å². The van der Waals surface area contributed by atoms with Crippen molar-refractivity contribution in [3.8, 4) is 6.07 Å². The van der Waals surface area contributed by atoms with Gasteiger partial charge in [-0.05, 0) is 51.1 Å². The number of rotatable bonds is 6. The van der Waals surface area contributed by atoms with Crippen LogP contribution in [0, 0.1) is 17.1 Å². The molecule has 132 valence electrons. The third-order valence-corrected chi connectivity index (χ3v) is 3.82. The monoisotopic (exact) mass is 342 g/mol. The van der Waals surface area contributed by atoms with Crippen molar-refractivity contribution in [2.75, 3.05) is 13.1 Å². The van der Waals surface area contributed by atoms with E-state index in [2.05, 4.69) is 22.2 Å². The Morgan fingerprint density at radius 1 is 1.52 bits per heavy atom. The molecule has 0 atom stereocenters. The van der Waals surface area contributed by atoms with Gasteiger partial charge in [0.25, 0.3) is 0 Å². The molecule has 0 radical (unpaired) electrons. The number of benzene rings is 1. The fourth-order valence-electron chi connectivity index (χ4n) is 2.51. The second-order valence-corrected chi connectivity index (χ2v) is 5.77. The van der Waals surface area contributed by atoms with Crippen molar-refractivity contribution in [2.45, 2.75) is 32.4 Å². The lowest BCUT2D eigenvalue weighted by atomic mass is 10.1. The van der Waals surface area contributed by atoms with Crippen LogP contribution in [0.3, 0.4) is 0 Å². The molecule has 1 aliphatic heterocycles. The summed E-state index contributed by atoms with van der Waals surface area (Å²) in [6, 6.07) is 6.56. The van der Waals surface area contributed by atoms with Gasteiger partial charge in [0.2, 0.25) is 5.90 Å². The summed E-state index contributed by atoms with van der Waals surface area (Å²) in [7, 11) is 0. The van der Waals surface area contributed by atoms with Crippen LogP contribution in [0.5, 0.6) is 0 Å². The minimum atomic E-state index is -0.467. The lowest BCUT2D eigenvalue weighted by Crippen LogP contribution is -2.39. The average Bonchev–Trinajstić information content (AvgIpc) is 2.61. The number of ether oxygens (including phenoxy) is 1. The summed E-state index contributed by atoms with van der Waals surface area (Å²) < 4.78 is 19.5. The largest absolute Gasteiger partial charge is 0.473 e. The Bertz CT molecular complexity index is 700. The van der Waals surface area contributed by atoms with Crippen LogP contribution in [-0.4, -0.2) is 25.0 Å². The lowest BCUT2D eigenvalue weighted by molar-refractivity contribution is 0.288. The summed E-state index contributed by atoms with van der Waals surface area (Å²) in [6.07, 6.45) is 5.54. The minimum Gasteiger partial charge on any atom is -0.473 e. The molecular formula is C19H23FN4O. The number of piperidine rings is 1. The number of hydrogen-bond acceptors (Lipinski definition) is 5. The van der Waals surface area contributed by atoms with E-state index in [1.807, 2.05) is 13.0 Å². The average molecular weight is 342 g/mol. The molecule has 6 heteroatoms. The van der Waals surface area contributed by atoms with Gasteiger partial charge in [0.05, 0.1) is 11.6 Å². The number of aliphatic imine (C=N–C) groups is 1. The van der Waals surface area contributed by atoms with Gasteiger partial charge in [-0.15, -0.1) is 0 Å². The van der Waals surface area contributed by atoms with E-state index < -0.39 is 5.82 Å². The van der Waals surface area contributed by atoms with E-state index in [0.29, 0.717) is 23.3 Å². The summed E-state index contributed by atoms with van der Waals surface area (Å²) in [5.41, 5.74) is 0.649. The Hall–Kier alpha value is -2.65. The molecule has 0 aromatic heterocycles. The van der Waals surface area contributed by atoms with Crippen LogP contribution in [0.2, 0.25) is 0 Å². The molecule has 1 aromatic carbocycles. The van der Waals surface area contributed by atoms with E-state index in [-0.39, 0.29) is 12.2 Å². The van der Waals surface area contributed by atoms with Crippen LogP contribution in [0.1, 0.15) is 30.9 Å². The summed E-state index contributed by atoms with van der Waals surface area (Å²) in [5.74, 6) is 0.420. The van der Waals surface area contributed by atoms with Crippen LogP contribution >= 0.6 is 0 Å². The van der Waals surface area contributed by atoms with Crippen molar-refractivity contribution >= 4 is 5.90 Å². The molecule has 0 spiro atoms. The highest BCUT2D eigenvalue weighted by Crippen LogP contribution is 2.12. The topological polar surface area (TPSA) is 69.4 Å². The predicted molar refractivity (Wildman–Crippen MR) is 96.3 cm³/mol. The maximum atomic E-state index is 13.9. The van der Waals surface area contributed by atoms with Gasteiger partial charge in [0.15, 0.2) is 0 Å². The smallest absolute Gasteiger partial charge is 0.215 e. The number of nitriles is 1. The van der Waals surface area contributed by atoms with E-state index in [4.69, 9.17) is 10.00 Å². The molecule has 2 rings (SSSR count).